The van der Waals surface area contributed by atoms with E-state index in [1.807, 2.05) is 37.4 Å². The van der Waals surface area contributed by atoms with Crippen LogP contribution in [0.1, 0.15) is 38.7 Å². The number of carboxylic acids is 1. The molecule has 4 nitrogen and oxygen atoms in total. The van der Waals surface area contributed by atoms with Crippen LogP contribution >= 0.6 is 0 Å². The standard InChI is InChI=1S/C17H26N2O2/c1-13(2)19(3)12-11-17(16(20)21,18-15-9-10-15)14-7-5-4-6-8-14/h4-8,13,15,18H,9-12H2,1-3H3,(H,20,21). The fourth-order valence-electron chi connectivity index (χ4n) is 2.49. The molecule has 21 heavy (non-hydrogen) atoms. The van der Waals surface area contributed by atoms with Gasteiger partial charge in [0.2, 0.25) is 0 Å². The summed E-state index contributed by atoms with van der Waals surface area (Å²) in [4.78, 5) is 14.3. The van der Waals surface area contributed by atoms with Gasteiger partial charge in [-0.3, -0.25) is 5.32 Å². The van der Waals surface area contributed by atoms with Gasteiger partial charge in [0.1, 0.15) is 5.54 Å². The van der Waals surface area contributed by atoms with Crippen LogP contribution in [-0.4, -0.2) is 41.7 Å². The van der Waals surface area contributed by atoms with Crippen molar-refractivity contribution in [3.8, 4) is 0 Å². The lowest BCUT2D eigenvalue weighted by Crippen LogP contribution is -2.52. The van der Waals surface area contributed by atoms with Crippen molar-refractivity contribution >= 4 is 5.97 Å². The summed E-state index contributed by atoms with van der Waals surface area (Å²) in [7, 11) is 2.04. The van der Waals surface area contributed by atoms with Crippen molar-refractivity contribution in [2.45, 2.75) is 50.7 Å². The largest absolute Gasteiger partial charge is 0.480 e. The summed E-state index contributed by atoms with van der Waals surface area (Å²) in [6.45, 7) is 5.00. The van der Waals surface area contributed by atoms with Gasteiger partial charge in [-0.05, 0) is 45.7 Å². The molecule has 0 aromatic heterocycles. The number of hydrogen-bond acceptors (Lipinski definition) is 3. The minimum atomic E-state index is -0.981. The van der Waals surface area contributed by atoms with Gasteiger partial charge in [-0.25, -0.2) is 4.79 Å². The van der Waals surface area contributed by atoms with Crippen LogP contribution in [0, 0.1) is 0 Å². The second-order valence-corrected chi connectivity index (χ2v) is 6.32. The predicted molar refractivity (Wildman–Crippen MR) is 84.3 cm³/mol. The average Bonchev–Trinajstić information content (AvgIpc) is 3.27. The first-order chi connectivity index (χ1) is 9.95. The first-order valence-electron chi connectivity index (χ1n) is 7.72. The van der Waals surface area contributed by atoms with E-state index in [9.17, 15) is 9.90 Å². The lowest BCUT2D eigenvalue weighted by atomic mass is 9.86. The third-order valence-corrected chi connectivity index (χ3v) is 4.38. The molecule has 0 saturated heterocycles. The van der Waals surface area contributed by atoms with Crippen LogP contribution in [0.5, 0.6) is 0 Å². The Bertz CT molecular complexity index is 471. The maximum Gasteiger partial charge on any atom is 0.328 e. The second-order valence-electron chi connectivity index (χ2n) is 6.32. The highest BCUT2D eigenvalue weighted by Crippen LogP contribution is 2.32. The summed E-state index contributed by atoms with van der Waals surface area (Å²) < 4.78 is 0. The maximum atomic E-state index is 12.1. The highest BCUT2D eigenvalue weighted by atomic mass is 16.4. The van der Waals surface area contributed by atoms with Crippen molar-refractivity contribution in [3.05, 3.63) is 35.9 Å². The van der Waals surface area contributed by atoms with Gasteiger partial charge in [0.15, 0.2) is 0 Å². The van der Waals surface area contributed by atoms with Crippen LogP contribution in [0.4, 0.5) is 0 Å². The predicted octanol–water partition coefficient (Wildman–Crippen LogP) is 2.45. The van der Waals surface area contributed by atoms with E-state index < -0.39 is 11.5 Å². The van der Waals surface area contributed by atoms with E-state index in [-0.39, 0.29) is 0 Å². The Morgan fingerprint density at radius 1 is 1.38 bits per heavy atom. The molecule has 1 fully saturated rings. The van der Waals surface area contributed by atoms with E-state index in [4.69, 9.17) is 0 Å². The van der Waals surface area contributed by atoms with Gasteiger partial charge in [0, 0.05) is 18.6 Å². The Balaban J connectivity index is 2.25. The number of rotatable bonds is 8. The zero-order chi connectivity index (χ0) is 15.5. The van der Waals surface area contributed by atoms with Crippen molar-refractivity contribution in [1.82, 2.24) is 10.2 Å². The van der Waals surface area contributed by atoms with E-state index >= 15 is 0 Å². The monoisotopic (exact) mass is 290 g/mol. The number of nitrogens with zero attached hydrogens (tertiary/aromatic N) is 1. The first-order valence-corrected chi connectivity index (χ1v) is 7.72. The van der Waals surface area contributed by atoms with Gasteiger partial charge in [-0.15, -0.1) is 0 Å². The summed E-state index contributed by atoms with van der Waals surface area (Å²) >= 11 is 0. The molecular formula is C17H26N2O2. The molecule has 1 saturated carbocycles. The molecular weight excluding hydrogens is 264 g/mol. The molecule has 2 N–H and O–H groups in total. The van der Waals surface area contributed by atoms with Crippen molar-refractivity contribution in [3.63, 3.8) is 0 Å². The van der Waals surface area contributed by atoms with Crippen LogP contribution < -0.4 is 5.32 Å². The molecule has 4 heteroatoms. The minimum Gasteiger partial charge on any atom is -0.480 e. The van der Waals surface area contributed by atoms with Gasteiger partial charge in [-0.1, -0.05) is 30.3 Å². The molecule has 0 aliphatic heterocycles. The summed E-state index contributed by atoms with van der Waals surface area (Å²) in [6.07, 6.45) is 2.71. The van der Waals surface area contributed by atoms with Crippen LogP contribution in [0.25, 0.3) is 0 Å². The number of nitrogens with one attached hydrogen (secondary N) is 1. The van der Waals surface area contributed by atoms with Gasteiger partial charge in [0.05, 0.1) is 0 Å². The topological polar surface area (TPSA) is 52.6 Å². The minimum absolute atomic E-state index is 0.339. The fourth-order valence-corrected chi connectivity index (χ4v) is 2.49. The Kier molecular flexibility index (Phi) is 5.01. The number of aliphatic carboxylic acids is 1. The van der Waals surface area contributed by atoms with Crippen LogP contribution in [0.2, 0.25) is 0 Å². The summed E-state index contributed by atoms with van der Waals surface area (Å²) in [6, 6.07) is 10.3. The number of hydrogen-bond donors (Lipinski definition) is 2. The molecule has 1 aromatic rings. The highest BCUT2D eigenvalue weighted by molar-refractivity contribution is 5.81. The van der Waals surface area contributed by atoms with Crippen LogP contribution in [0.15, 0.2) is 30.3 Å². The van der Waals surface area contributed by atoms with Gasteiger partial charge >= 0.3 is 5.97 Å². The molecule has 116 valence electrons. The molecule has 1 unspecified atom stereocenters. The van der Waals surface area contributed by atoms with Gasteiger partial charge < -0.3 is 10.0 Å². The van der Waals surface area contributed by atoms with Crippen molar-refractivity contribution in [1.29, 1.82) is 0 Å². The number of benzene rings is 1. The van der Waals surface area contributed by atoms with E-state index in [2.05, 4.69) is 24.1 Å². The zero-order valence-electron chi connectivity index (χ0n) is 13.2. The molecule has 0 amide bonds. The van der Waals surface area contributed by atoms with E-state index in [0.717, 1.165) is 24.9 Å². The first kappa shape index (κ1) is 16.0. The lowest BCUT2D eigenvalue weighted by molar-refractivity contribution is -0.146. The third kappa shape index (κ3) is 3.83. The van der Waals surface area contributed by atoms with Crippen molar-refractivity contribution in [2.24, 2.45) is 0 Å². The molecule has 0 radical (unpaired) electrons. The second kappa shape index (κ2) is 6.58. The van der Waals surface area contributed by atoms with Gasteiger partial charge in [-0.2, -0.15) is 0 Å². The van der Waals surface area contributed by atoms with E-state index in [1.54, 1.807) is 0 Å². The SMILES string of the molecule is CC(C)N(C)CCC(NC1CC1)(C(=O)O)c1ccccc1. The fraction of sp³-hybridized carbons (Fsp3) is 0.588. The quantitative estimate of drug-likeness (QED) is 0.772. The maximum absolute atomic E-state index is 12.1. The molecule has 1 atom stereocenters. The van der Waals surface area contributed by atoms with Gasteiger partial charge in [0.25, 0.3) is 0 Å². The van der Waals surface area contributed by atoms with Crippen molar-refractivity contribution < 1.29 is 9.90 Å². The average molecular weight is 290 g/mol. The molecule has 1 aliphatic rings. The van der Waals surface area contributed by atoms with E-state index in [1.165, 1.54) is 0 Å². The number of carboxylic acid groups (broad SMARTS) is 1. The summed E-state index contributed by atoms with van der Waals surface area (Å²) in [5, 5.41) is 13.3. The molecule has 1 aliphatic carbocycles. The Morgan fingerprint density at radius 3 is 2.48 bits per heavy atom. The zero-order valence-corrected chi connectivity index (χ0v) is 13.2. The molecule has 0 spiro atoms. The molecule has 2 rings (SSSR count). The van der Waals surface area contributed by atoms with Crippen molar-refractivity contribution in [2.75, 3.05) is 13.6 Å². The van der Waals surface area contributed by atoms with Crippen LogP contribution in [0.3, 0.4) is 0 Å². The third-order valence-electron chi connectivity index (χ3n) is 4.38. The Morgan fingerprint density at radius 2 is 2.00 bits per heavy atom. The smallest absolute Gasteiger partial charge is 0.328 e. The Labute approximate surface area is 127 Å². The van der Waals surface area contributed by atoms with E-state index in [0.29, 0.717) is 18.5 Å². The molecule has 0 heterocycles. The van der Waals surface area contributed by atoms with Crippen LogP contribution in [-0.2, 0) is 10.3 Å². The highest BCUT2D eigenvalue weighted by Gasteiger charge is 2.44. The normalized spacial score (nSPS) is 18.0. The summed E-state index contributed by atoms with van der Waals surface area (Å²) in [5.41, 5.74) is -0.132. The Hall–Kier alpha value is -1.39. The lowest BCUT2D eigenvalue weighted by Gasteiger charge is -2.34. The number of carbonyl (C=O) groups is 1. The molecule has 1 aromatic carbocycles. The summed E-state index contributed by atoms with van der Waals surface area (Å²) in [5.74, 6) is -0.780. The molecule has 0 bridgehead atoms.